The Morgan fingerprint density at radius 3 is 2.59 bits per heavy atom. The van der Waals surface area contributed by atoms with E-state index in [9.17, 15) is 18.0 Å². The summed E-state index contributed by atoms with van der Waals surface area (Å²) in [6.45, 7) is 0.203. The van der Waals surface area contributed by atoms with Gasteiger partial charge in [0, 0.05) is 32.0 Å². The Morgan fingerprint density at radius 1 is 1.30 bits per heavy atom. The molecule has 0 aliphatic heterocycles. The molecule has 0 N–H and O–H groups in total. The summed E-state index contributed by atoms with van der Waals surface area (Å²) in [6.07, 6.45) is 5.85. The number of rotatable bonds is 5. The zero-order valence-corrected chi connectivity index (χ0v) is 15.2. The van der Waals surface area contributed by atoms with E-state index in [1.165, 1.54) is 11.9 Å². The van der Waals surface area contributed by atoms with E-state index in [0.29, 0.717) is 4.68 Å². The molecule has 1 aliphatic rings. The zero-order chi connectivity index (χ0) is 19.4. The fourth-order valence-corrected chi connectivity index (χ4v) is 3.64. The summed E-state index contributed by atoms with van der Waals surface area (Å²) in [5, 5.41) is 3.52. The summed E-state index contributed by atoms with van der Waals surface area (Å²) in [5.74, 6) is -1.76. The van der Waals surface area contributed by atoms with Gasteiger partial charge in [-0.25, -0.2) is 13.5 Å². The van der Waals surface area contributed by atoms with E-state index in [-0.39, 0.29) is 12.6 Å². The number of hydrogen-bond donors (Lipinski definition) is 0. The Labute approximate surface area is 156 Å². The number of amides is 1. The number of pyridine rings is 1. The minimum Gasteiger partial charge on any atom is -0.331 e. The normalized spacial score (nSPS) is 15.7. The second-order valence-corrected chi connectivity index (χ2v) is 6.92. The van der Waals surface area contributed by atoms with E-state index in [4.69, 9.17) is 0 Å². The first-order valence-electron chi connectivity index (χ1n) is 9.19. The highest BCUT2D eigenvalue weighted by molar-refractivity contribution is 5.95. The van der Waals surface area contributed by atoms with Crippen molar-refractivity contribution in [2.24, 2.45) is 7.05 Å². The smallest absolute Gasteiger partial charge is 0.283 e. The van der Waals surface area contributed by atoms with Gasteiger partial charge in [-0.3, -0.25) is 9.78 Å². The van der Waals surface area contributed by atoms with E-state index >= 15 is 0 Å². The van der Waals surface area contributed by atoms with E-state index in [1.54, 1.807) is 18.5 Å². The lowest BCUT2D eigenvalue weighted by atomic mass is 10.0. The first-order valence-corrected chi connectivity index (χ1v) is 9.19. The molecule has 0 radical (unpaired) electrons. The van der Waals surface area contributed by atoms with Crippen LogP contribution in [0.5, 0.6) is 0 Å². The quantitative estimate of drug-likeness (QED) is 0.729. The van der Waals surface area contributed by atoms with Crippen LogP contribution in [0.2, 0.25) is 0 Å². The molecule has 0 spiro atoms. The summed E-state index contributed by atoms with van der Waals surface area (Å²) in [7, 11) is 1.22. The average Bonchev–Trinajstić information content (AvgIpc) is 2.83. The molecule has 2 aromatic heterocycles. The van der Waals surface area contributed by atoms with Crippen molar-refractivity contribution in [1.29, 1.82) is 0 Å². The number of carbonyl (C=O) groups excluding carboxylic acids is 1. The van der Waals surface area contributed by atoms with Crippen LogP contribution < -0.4 is 0 Å². The highest BCUT2D eigenvalue weighted by Gasteiger charge is 2.34. The Bertz CT molecular complexity index is 771. The van der Waals surface area contributed by atoms with E-state index in [1.807, 2.05) is 6.07 Å². The summed E-state index contributed by atoms with van der Waals surface area (Å²) in [5.41, 5.74) is -0.650. The molecule has 8 heteroatoms. The Kier molecular flexibility index (Phi) is 6.13. The average molecular weight is 380 g/mol. The van der Waals surface area contributed by atoms with Crippen molar-refractivity contribution in [3.63, 3.8) is 0 Å². The summed E-state index contributed by atoms with van der Waals surface area (Å²) >= 11 is 0. The lowest BCUT2D eigenvalue weighted by Gasteiger charge is -2.31. The van der Waals surface area contributed by atoms with Gasteiger partial charge in [-0.15, -0.1) is 0 Å². The molecule has 1 fully saturated rings. The van der Waals surface area contributed by atoms with E-state index in [2.05, 4.69) is 10.1 Å². The van der Waals surface area contributed by atoms with Gasteiger partial charge in [0.2, 0.25) is 5.95 Å². The van der Waals surface area contributed by atoms with Crippen LogP contribution in [0.3, 0.4) is 0 Å². The number of aromatic nitrogens is 3. The third kappa shape index (κ3) is 4.31. The highest BCUT2D eigenvalue weighted by Crippen LogP contribution is 2.29. The molecule has 0 unspecified atom stereocenters. The molecule has 3 rings (SSSR count). The fraction of sp³-hybridized carbons (Fsp3) is 0.526. The number of alkyl halides is 2. The van der Waals surface area contributed by atoms with Crippen LogP contribution in [0.25, 0.3) is 0 Å². The molecule has 146 valence electrons. The van der Waals surface area contributed by atoms with Crippen molar-refractivity contribution in [3.8, 4) is 0 Å². The summed E-state index contributed by atoms with van der Waals surface area (Å²) < 4.78 is 41.9. The number of aryl methyl sites for hydroxylation is 1. The van der Waals surface area contributed by atoms with Crippen LogP contribution in [0, 0.1) is 5.95 Å². The van der Waals surface area contributed by atoms with Crippen molar-refractivity contribution in [3.05, 3.63) is 47.3 Å². The Balaban J connectivity index is 1.98. The molecule has 27 heavy (non-hydrogen) atoms. The first kappa shape index (κ1) is 19.4. The topological polar surface area (TPSA) is 51.0 Å². The maximum atomic E-state index is 14.5. The molecule has 2 aromatic rings. The van der Waals surface area contributed by atoms with Gasteiger partial charge in [-0.2, -0.15) is 9.49 Å². The summed E-state index contributed by atoms with van der Waals surface area (Å²) in [6, 6.07) is 3.45. The largest absolute Gasteiger partial charge is 0.331 e. The van der Waals surface area contributed by atoms with Crippen LogP contribution in [-0.4, -0.2) is 31.6 Å². The number of nitrogens with zero attached hydrogens (tertiary/aromatic N) is 4. The van der Waals surface area contributed by atoms with Crippen LogP contribution in [0.15, 0.2) is 24.5 Å². The van der Waals surface area contributed by atoms with E-state index in [0.717, 1.165) is 44.1 Å². The molecule has 0 bridgehead atoms. The minimum absolute atomic E-state index is 0.120. The number of carbonyl (C=O) groups is 1. The van der Waals surface area contributed by atoms with Gasteiger partial charge in [0.15, 0.2) is 0 Å². The third-order valence-electron chi connectivity index (χ3n) is 5.03. The molecule has 0 atom stereocenters. The fourth-order valence-electron chi connectivity index (χ4n) is 3.64. The lowest BCUT2D eigenvalue weighted by Crippen LogP contribution is -2.40. The molecule has 5 nitrogen and oxygen atoms in total. The molecule has 0 aromatic carbocycles. The van der Waals surface area contributed by atoms with Gasteiger partial charge in [-0.05, 0) is 24.5 Å². The zero-order valence-electron chi connectivity index (χ0n) is 15.2. The molecular formula is C19H23F3N4O. The second kappa shape index (κ2) is 8.54. The van der Waals surface area contributed by atoms with Crippen molar-refractivity contribution in [1.82, 2.24) is 19.7 Å². The Hall–Kier alpha value is -2.38. The molecule has 1 aliphatic carbocycles. The van der Waals surface area contributed by atoms with Crippen LogP contribution in [-0.2, 0) is 13.6 Å². The maximum Gasteiger partial charge on any atom is 0.283 e. The van der Waals surface area contributed by atoms with Crippen molar-refractivity contribution in [2.75, 3.05) is 0 Å². The lowest BCUT2D eigenvalue weighted by molar-refractivity contribution is 0.0625. The molecular weight excluding hydrogens is 357 g/mol. The second-order valence-electron chi connectivity index (χ2n) is 6.92. The predicted octanol–water partition coefficient (Wildman–Crippen LogP) is 4.26. The van der Waals surface area contributed by atoms with Gasteiger partial charge < -0.3 is 4.90 Å². The van der Waals surface area contributed by atoms with Gasteiger partial charge >= 0.3 is 0 Å². The van der Waals surface area contributed by atoms with Crippen LogP contribution >= 0.6 is 0 Å². The standard InChI is InChI=1S/C19H23F3N4O/c1-25-18(22)15(16(24-25)17(20)21)19(27)26(12-13-7-6-10-23-11-13)14-8-4-2-3-5-9-14/h6-7,10-11,14,17H,2-5,8-9,12H2,1H3. The van der Waals surface area contributed by atoms with Crippen LogP contribution in [0.1, 0.15) is 66.6 Å². The van der Waals surface area contributed by atoms with Gasteiger partial charge in [0.25, 0.3) is 12.3 Å². The monoisotopic (exact) mass is 380 g/mol. The number of hydrogen-bond acceptors (Lipinski definition) is 3. The molecule has 1 saturated carbocycles. The third-order valence-corrected chi connectivity index (χ3v) is 5.03. The molecule has 2 heterocycles. The highest BCUT2D eigenvalue weighted by atomic mass is 19.3. The van der Waals surface area contributed by atoms with Crippen molar-refractivity contribution < 1.29 is 18.0 Å². The number of halogens is 3. The van der Waals surface area contributed by atoms with Gasteiger partial charge in [0.1, 0.15) is 11.3 Å². The predicted molar refractivity (Wildman–Crippen MR) is 93.7 cm³/mol. The van der Waals surface area contributed by atoms with Gasteiger partial charge in [-0.1, -0.05) is 31.7 Å². The minimum atomic E-state index is -3.02. The van der Waals surface area contributed by atoms with Crippen molar-refractivity contribution >= 4 is 5.91 Å². The molecule has 1 amide bonds. The summed E-state index contributed by atoms with van der Waals surface area (Å²) in [4.78, 5) is 18.8. The van der Waals surface area contributed by atoms with Gasteiger partial charge in [0.05, 0.1) is 0 Å². The van der Waals surface area contributed by atoms with Crippen molar-refractivity contribution in [2.45, 2.75) is 57.5 Å². The van der Waals surface area contributed by atoms with Crippen LogP contribution in [0.4, 0.5) is 13.2 Å². The maximum absolute atomic E-state index is 14.5. The SMILES string of the molecule is Cn1nc(C(F)F)c(C(=O)N(Cc2cccnc2)C2CCCCCC2)c1F. The Morgan fingerprint density at radius 2 is 2.00 bits per heavy atom. The first-order chi connectivity index (χ1) is 13.0. The molecule has 0 saturated heterocycles. The van der Waals surface area contributed by atoms with E-state index < -0.39 is 29.5 Å².